The zero-order chi connectivity index (χ0) is 14.8. The van der Waals surface area contributed by atoms with Gasteiger partial charge in [0.2, 0.25) is 0 Å². The van der Waals surface area contributed by atoms with Crippen LogP contribution in [0.5, 0.6) is 0 Å². The van der Waals surface area contributed by atoms with Crippen molar-refractivity contribution in [2.45, 2.75) is 0 Å². The van der Waals surface area contributed by atoms with Gasteiger partial charge in [-0.05, 0) is 24.3 Å². The zero-order valence-electron chi connectivity index (χ0n) is 10.9. The van der Waals surface area contributed by atoms with Crippen molar-refractivity contribution in [2.75, 3.05) is 0 Å². The molecule has 1 heterocycles. The van der Waals surface area contributed by atoms with Crippen LogP contribution in [0.15, 0.2) is 54.7 Å². The first kappa shape index (κ1) is 13.4. The normalized spacial score (nSPS) is 11.3. The maximum absolute atomic E-state index is 10.7. The molecule has 0 saturated heterocycles. The third-order valence-corrected chi connectivity index (χ3v) is 3.34. The van der Waals surface area contributed by atoms with E-state index in [0.717, 1.165) is 28.2 Å². The molecule has 4 nitrogen and oxygen atoms in total. The largest absolute Gasteiger partial charge is 0.478 e. The lowest BCUT2D eigenvalue weighted by molar-refractivity contribution is -0.131. The highest BCUT2D eigenvalue weighted by molar-refractivity contribution is 6.30. The molecular formula is C16H11ClN2O2. The number of carboxylic acids is 1. The van der Waals surface area contributed by atoms with E-state index in [2.05, 4.69) is 5.10 Å². The molecule has 0 fully saturated rings. The number of aliphatic carboxylic acids is 1. The molecular weight excluding hydrogens is 288 g/mol. The van der Waals surface area contributed by atoms with E-state index in [-0.39, 0.29) is 0 Å². The first-order valence-electron chi connectivity index (χ1n) is 6.29. The molecule has 3 rings (SSSR count). The van der Waals surface area contributed by atoms with Gasteiger partial charge >= 0.3 is 5.97 Å². The predicted molar refractivity (Wildman–Crippen MR) is 82.7 cm³/mol. The molecule has 2 aromatic carbocycles. The van der Waals surface area contributed by atoms with Crippen LogP contribution >= 0.6 is 11.6 Å². The van der Waals surface area contributed by atoms with Crippen molar-refractivity contribution in [1.82, 2.24) is 9.78 Å². The van der Waals surface area contributed by atoms with Crippen molar-refractivity contribution in [2.24, 2.45) is 0 Å². The van der Waals surface area contributed by atoms with Gasteiger partial charge in [0.25, 0.3) is 0 Å². The fourth-order valence-electron chi connectivity index (χ4n) is 2.17. The average molecular weight is 299 g/mol. The molecule has 0 unspecified atom stereocenters. The Bertz CT molecular complexity index is 852. The smallest absolute Gasteiger partial charge is 0.328 e. The summed E-state index contributed by atoms with van der Waals surface area (Å²) in [6.45, 7) is 0. The maximum Gasteiger partial charge on any atom is 0.328 e. The van der Waals surface area contributed by atoms with Gasteiger partial charge in [-0.1, -0.05) is 35.9 Å². The number of hydrogen-bond donors (Lipinski definition) is 1. The van der Waals surface area contributed by atoms with Crippen molar-refractivity contribution in [3.8, 4) is 5.69 Å². The third-order valence-electron chi connectivity index (χ3n) is 3.10. The minimum atomic E-state index is -0.999. The maximum atomic E-state index is 10.7. The number of nitrogens with zero attached hydrogens (tertiary/aromatic N) is 2. The highest BCUT2D eigenvalue weighted by Gasteiger charge is 2.08. The number of halogens is 1. The number of para-hydroxylation sites is 1. The Labute approximate surface area is 125 Å². The summed E-state index contributed by atoms with van der Waals surface area (Å²) < 4.78 is 1.75. The van der Waals surface area contributed by atoms with E-state index in [9.17, 15) is 4.79 Å². The second kappa shape index (κ2) is 5.42. The summed E-state index contributed by atoms with van der Waals surface area (Å²) in [6, 6.07) is 13.0. The Morgan fingerprint density at radius 2 is 2.05 bits per heavy atom. The number of rotatable bonds is 3. The number of carboxylic acid groups (broad SMARTS) is 1. The lowest BCUT2D eigenvalue weighted by atomic mass is 10.1. The molecule has 0 amide bonds. The van der Waals surface area contributed by atoms with E-state index < -0.39 is 5.97 Å². The summed E-state index contributed by atoms with van der Waals surface area (Å²) in [6.07, 6.45) is 4.39. The van der Waals surface area contributed by atoms with Gasteiger partial charge in [-0.2, -0.15) is 5.10 Å². The van der Waals surface area contributed by atoms with Crippen LogP contribution in [0.1, 0.15) is 5.56 Å². The van der Waals surface area contributed by atoms with E-state index in [4.69, 9.17) is 16.7 Å². The minimum Gasteiger partial charge on any atom is -0.478 e. The second-order valence-corrected chi connectivity index (χ2v) is 4.93. The number of fused-ring (bicyclic) bond motifs is 1. The van der Waals surface area contributed by atoms with Crippen LogP contribution in [-0.4, -0.2) is 20.9 Å². The Morgan fingerprint density at radius 1 is 1.24 bits per heavy atom. The van der Waals surface area contributed by atoms with Gasteiger partial charge in [0.1, 0.15) is 0 Å². The van der Waals surface area contributed by atoms with Gasteiger partial charge in [0.15, 0.2) is 0 Å². The van der Waals surface area contributed by atoms with Crippen molar-refractivity contribution in [1.29, 1.82) is 0 Å². The average Bonchev–Trinajstić information content (AvgIpc) is 2.89. The lowest BCUT2D eigenvalue weighted by Crippen LogP contribution is -1.99. The molecule has 1 N–H and O–H groups in total. The molecule has 3 aromatic rings. The van der Waals surface area contributed by atoms with E-state index >= 15 is 0 Å². The third kappa shape index (κ3) is 2.66. The highest BCUT2D eigenvalue weighted by Crippen LogP contribution is 2.24. The monoisotopic (exact) mass is 298 g/mol. The van der Waals surface area contributed by atoms with Gasteiger partial charge in [0, 0.05) is 22.0 Å². The second-order valence-electron chi connectivity index (χ2n) is 4.49. The summed E-state index contributed by atoms with van der Waals surface area (Å²) >= 11 is 6.07. The quantitative estimate of drug-likeness (QED) is 0.749. The molecule has 0 saturated carbocycles. The van der Waals surface area contributed by atoms with Crippen LogP contribution in [0.4, 0.5) is 0 Å². The Morgan fingerprint density at radius 3 is 2.86 bits per heavy atom. The van der Waals surface area contributed by atoms with Gasteiger partial charge in [0.05, 0.1) is 17.4 Å². The Kier molecular flexibility index (Phi) is 3.46. The first-order chi connectivity index (χ1) is 10.1. The number of hydrogen-bond acceptors (Lipinski definition) is 2. The van der Waals surface area contributed by atoms with Crippen LogP contribution < -0.4 is 0 Å². The topological polar surface area (TPSA) is 55.1 Å². The Balaban J connectivity index is 2.21. The number of benzene rings is 2. The zero-order valence-corrected chi connectivity index (χ0v) is 11.7. The molecule has 104 valence electrons. The summed E-state index contributed by atoms with van der Waals surface area (Å²) in [5.74, 6) is -0.999. The highest BCUT2D eigenvalue weighted by atomic mass is 35.5. The predicted octanol–water partition coefficient (Wildman–Crippen LogP) is 3.78. The van der Waals surface area contributed by atoms with Gasteiger partial charge in [-0.3, -0.25) is 0 Å². The summed E-state index contributed by atoms with van der Waals surface area (Å²) in [7, 11) is 0. The van der Waals surface area contributed by atoms with E-state index in [1.165, 1.54) is 6.08 Å². The van der Waals surface area contributed by atoms with Gasteiger partial charge in [-0.25, -0.2) is 9.48 Å². The van der Waals surface area contributed by atoms with E-state index in [1.54, 1.807) is 29.1 Å². The van der Waals surface area contributed by atoms with Crippen molar-refractivity contribution < 1.29 is 9.90 Å². The summed E-state index contributed by atoms with van der Waals surface area (Å²) in [5.41, 5.74) is 2.40. The molecule has 0 spiro atoms. The van der Waals surface area contributed by atoms with Crippen LogP contribution in [-0.2, 0) is 4.79 Å². The molecule has 0 aliphatic heterocycles. The van der Waals surface area contributed by atoms with E-state index in [0.29, 0.717) is 5.02 Å². The van der Waals surface area contributed by atoms with Crippen LogP contribution in [0.25, 0.3) is 22.7 Å². The lowest BCUT2D eigenvalue weighted by Gasteiger charge is -2.08. The molecule has 0 aliphatic carbocycles. The van der Waals surface area contributed by atoms with Gasteiger partial charge in [-0.15, -0.1) is 0 Å². The van der Waals surface area contributed by atoms with Crippen molar-refractivity contribution in [3.05, 3.63) is 65.3 Å². The van der Waals surface area contributed by atoms with Crippen LogP contribution in [0.2, 0.25) is 5.02 Å². The fourth-order valence-corrected chi connectivity index (χ4v) is 2.33. The molecule has 21 heavy (non-hydrogen) atoms. The molecule has 0 radical (unpaired) electrons. The van der Waals surface area contributed by atoms with E-state index in [1.807, 2.05) is 24.3 Å². The SMILES string of the molecule is O=C(O)/C=C/c1ccc(Cl)cc1-n1ncc2ccccc21. The van der Waals surface area contributed by atoms with Crippen molar-refractivity contribution in [3.63, 3.8) is 0 Å². The summed E-state index contributed by atoms with van der Waals surface area (Å²) in [5, 5.41) is 14.7. The molecule has 0 atom stereocenters. The molecule has 1 aromatic heterocycles. The Hall–Kier alpha value is -2.59. The minimum absolute atomic E-state index is 0.567. The number of aromatic nitrogens is 2. The van der Waals surface area contributed by atoms with Crippen molar-refractivity contribution >= 4 is 34.5 Å². The molecule has 5 heteroatoms. The molecule has 0 aliphatic rings. The fraction of sp³-hybridized carbons (Fsp3) is 0. The van der Waals surface area contributed by atoms with Crippen LogP contribution in [0.3, 0.4) is 0 Å². The van der Waals surface area contributed by atoms with Crippen LogP contribution in [0, 0.1) is 0 Å². The molecule has 0 bridgehead atoms. The standard InChI is InChI=1S/C16H11ClN2O2/c17-13-7-5-11(6-8-16(20)21)15(9-13)19-14-4-2-1-3-12(14)10-18-19/h1-10H,(H,20,21)/b8-6+. The van der Waals surface area contributed by atoms with Gasteiger partial charge < -0.3 is 5.11 Å². The first-order valence-corrected chi connectivity index (χ1v) is 6.66. The summed E-state index contributed by atoms with van der Waals surface area (Å²) in [4.78, 5) is 10.7. The number of carbonyl (C=O) groups is 1.